The van der Waals surface area contributed by atoms with Gasteiger partial charge in [0.25, 0.3) is 5.91 Å². The Balaban J connectivity index is 0.00000243. The summed E-state index contributed by atoms with van der Waals surface area (Å²) in [6, 6.07) is 8.16. The lowest BCUT2D eigenvalue weighted by molar-refractivity contribution is 0.0256. The molecule has 6 heteroatoms. The van der Waals surface area contributed by atoms with Crippen LogP contribution in [0.3, 0.4) is 0 Å². The topological polar surface area (TPSA) is 42.0 Å². The molecule has 2 saturated heterocycles. The molecule has 0 unspecified atom stereocenters. The number of hydrogen-bond donors (Lipinski definition) is 0. The number of ether oxygens (including phenoxy) is 2. The zero-order valence-electron chi connectivity index (χ0n) is 15.9. The second kappa shape index (κ2) is 10.1. The van der Waals surface area contributed by atoms with E-state index >= 15 is 0 Å². The molecule has 26 heavy (non-hydrogen) atoms. The van der Waals surface area contributed by atoms with E-state index in [1.807, 2.05) is 29.2 Å². The second-order valence-corrected chi connectivity index (χ2v) is 7.23. The fraction of sp³-hybridized carbons (Fsp3) is 0.650. The van der Waals surface area contributed by atoms with Gasteiger partial charge < -0.3 is 14.4 Å². The van der Waals surface area contributed by atoms with Gasteiger partial charge in [-0.25, -0.2) is 0 Å². The minimum absolute atomic E-state index is 0. The van der Waals surface area contributed by atoms with Gasteiger partial charge in [0, 0.05) is 50.6 Å². The molecule has 2 heterocycles. The summed E-state index contributed by atoms with van der Waals surface area (Å²) in [4.78, 5) is 17.2. The summed E-state index contributed by atoms with van der Waals surface area (Å²) in [7, 11) is 0. The molecule has 0 bridgehead atoms. The van der Waals surface area contributed by atoms with E-state index in [4.69, 9.17) is 9.47 Å². The Labute approximate surface area is 163 Å². The van der Waals surface area contributed by atoms with Gasteiger partial charge in [-0.05, 0) is 44.5 Å². The van der Waals surface area contributed by atoms with Crippen LogP contribution in [0.5, 0.6) is 5.75 Å². The van der Waals surface area contributed by atoms with Crippen molar-refractivity contribution < 1.29 is 14.3 Å². The van der Waals surface area contributed by atoms with E-state index in [0.29, 0.717) is 6.04 Å². The van der Waals surface area contributed by atoms with Crippen LogP contribution in [0.1, 0.15) is 43.5 Å². The van der Waals surface area contributed by atoms with E-state index < -0.39 is 0 Å². The molecule has 5 nitrogen and oxygen atoms in total. The highest BCUT2D eigenvalue weighted by atomic mass is 35.5. The number of nitrogens with zero attached hydrogens (tertiary/aromatic N) is 2. The molecular weight excluding hydrogens is 352 g/mol. The summed E-state index contributed by atoms with van der Waals surface area (Å²) in [5, 5.41) is 0. The monoisotopic (exact) mass is 382 g/mol. The summed E-state index contributed by atoms with van der Waals surface area (Å²) in [6.45, 7) is 9.63. The van der Waals surface area contributed by atoms with E-state index in [9.17, 15) is 4.79 Å². The van der Waals surface area contributed by atoms with Gasteiger partial charge in [0.1, 0.15) is 11.9 Å². The number of halogens is 1. The van der Waals surface area contributed by atoms with Crippen molar-refractivity contribution in [1.29, 1.82) is 0 Å². The fourth-order valence-electron chi connectivity index (χ4n) is 3.50. The van der Waals surface area contributed by atoms with Crippen molar-refractivity contribution in [2.24, 2.45) is 0 Å². The van der Waals surface area contributed by atoms with Crippen LogP contribution in [0.4, 0.5) is 0 Å². The van der Waals surface area contributed by atoms with Crippen LogP contribution in [0, 0.1) is 0 Å². The van der Waals surface area contributed by atoms with Crippen molar-refractivity contribution in [3.05, 3.63) is 29.8 Å². The molecule has 2 aliphatic rings. The molecule has 1 aromatic carbocycles. The predicted molar refractivity (Wildman–Crippen MR) is 105 cm³/mol. The van der Waals surface area contributed by atoms with Crippen LogP contribution < -0.4 is 4.74 Å². The highest BCUT2D eigenvalue weighted by Crippen LogP contribution is 2.19. The van der Waals surface area contributed by atoms with Crippen molar-refractivity contribution in [2.45, 2.75) is 45.3 Å². The SMILES string of the molecule is CC(C)N1CCCN(C(=O)c2ccc(OC3CCOCC3)cc2)CC1.Cl. The number of carbonyl (C=O) groups is 1. The maximum atomic E-state index is 12.8. The van der Waals surface area contributed by atoms with Crippen LogP contribution in [-0.4, -0.2) is 67.2 Å². The largest absolute Gasteiger partial charge is 0.490 e. The van der Waals surface area contributed by atoms with Crippen molar-refractivity contribution in [1.82, 2.24) is 9.80 Å². The summed E-state index contributed by atoms with van der Waals surface area (Å²) < 4.78 is 11.3. The summed E-state index contributed by atoms with van der Waals surface area (Å²) in [6.07, 6.45) is 3.12. The molecule has 0 radical (unpaired) electrons. The Bertz CT molecular complexity index is 559. The van der Waals surface area contributed by atoms with E-state index in [2.05, 4.69) is 18.7 Å². The molecule has 146 valence electrons. The van der Waals surface area contributed by atoms with Crippen LogP contribution in [0.2, 0.25) is 0 Å². The van der Waals surface area contributed by atoms with E-state index in [1.165, 1.54) is 0 Å². The van der Waals surface area contributed by atoms with Gasteiger partial charge in [-0.15, -0.1) is 12.4 Å². The average molecular weight is 383 g/mol. The number of rotatable bonds is 4. The van der Waals surface area contributed by atoms with Crippen LogP contribution in [0.15, 0.2) is 24.3 Å². The van der Waals surface area contributed by atoms with Gasteiger partial charge in [0.2, 0.25) is 0 Å². The van der Waals surface area contributed by atoms with Crippen molar-refractivity contribution in [3.8, 4) is 5.75 Å². The molecule has 0 spiro atoms. The first-order valence-corrected chi connectivity index (χ1v) is 9.51. The zero-order chi connectivity index (χ0) is 17.6. The standard InChI is InChI=1S/C20H30N2O3.ClH/c1-16(2)21-10-3-11-22(13-12-21)20(23)17-4-6-18(7-5-17)25-19-8-14-24-15-9-19;/h4-7,16,19H,3,8-15H2,1-2H3;1H. The molecule has 2 aliphatic heterocycles. The Hall–Kier alpha value is -1.30. The molecule has 0 aliphatic carbocycles. The maximum absolute atomic E-state index is 12.8. The van der Waals surface area contributed by atoms with Crippen LogP contribution >= 0.6 is 12.4 Å². The van der Waals surface area contributed by atoms with Crippen molar-refractivity contribution in [2.75, 3.05) is 39.4 Å². The van der Waals surface area contributed by atoms with Gasteiger partial charge >= 0.3 is 0 Å². The second-order valence-electron chi connectivity index (χ2n) is 7.23. The first kappa shape index (κ1) is 21.0. The molecule has 0 saturated carbocycles. The highest BCUT2D eigenvalue weighted by Gasteiger charge is 2.21. The molecule has 3 rings (SSSR count). The Morgan fingerprint density at radius 3 is 2.42 bits per heavy atom. The Morgan fingerprint density at radius 2 is 1.77 bits per heavy atom. The lowest BCUT2D eigenvalue weighted by atomic mass is 10.1. The quantitative estimate of drug-likeness (QED) is 0.801. The van der Waals surface area contributed by atoms with Gasteiger partial charge in [-0.1, -0.05) is 0 Å². The molecular formula is C20H31ClN2O3. The minimum atomic E-state index is 0. The fourth-order valence-corrected chi connectivity index (χ4v) is 3.50. The van der Waals surface area contributed by atoms with E-state index in [0.717, 1.165) is 70.0 Å². The van der Waals surface area contributed by atoms with Crippen molar-refractivity contribution in [3.63, 3.8) is 0 Å². The zero-order valence-corrected chi connectivity index (χ0v) is 16.7. The predicted octanol–water partition coefficient (Wildman–Crippen LogP) is 3.22. The Kier molecular flexibility index (Phi) is 8.19. The lowest BCUT2D eigenvalue weighted by Gasteiger charge is -2.25. The van der Waals surface area contributed by atoms with Crippen LogP contribution in [0.25, 0.3) is 0 Å². The summed E-state index contributed by atoms with van der Waals surface area (Å²) in [5.41, 5.74) is 0.748. The number of amides is 1. The number of benzene rings is 1. The van der Waals surface area contributed by atoms with Crippen LogP contribution in [-0.2, 0) is 4.74 Å². The molecule has 0 atom stereocenters. The normalized spacial score (nSPS) is 19.7. The van der Waals surface area contributed by atoms with Crippen molar-refractivity contribution >= 4 is 18.3 Å². The summed E-state index contributed by atoms with van der Waals surface area (Å²) in [5.74, 6) is 0.966. The third-order valence-electron chi connectivity index (χ3n) is 5.12. The van der Waals surface area contributed by atoms with Gasteiger partial charge in [-0.2, -0.15) is 0 Å². The van der Waals surface area contributed by atoms with Gasteiger partial charge in [0.15, 0.2) is 0 Å². The average Bonchev–Trinajstić information content (AvgIpc) is 2.89. The first-order chi connectivity index (χ1) is 12.1. The number of hydrogen-bond acceptors (Lipinski definition) is 4. The lowest BCUT2D eigenvalue weighted by Crippen LogP contribution is -2.37. The van der Waals surface area contributed by atoms with Gasteiger partial charge in [-0.3, -0.25) is 9.69 Å². The first-order valence-electron chi connectivity index (χ1n) is 9.51. The maximum Gasteiger partial charge on any atom is 0.253 e. The third kappa shape index (κ3) is 5.60. The smallest absolute Gasteiger partial charge is 0.253 e. The molecule has 2 fully saturated rings. The third-order valence-corrected chi connectivity index (χ3v) is 5.12. The summed E-state index contributed by atoms with van der Waals surface area (Å²) >= 11 is 0. The van der Waals surface area contributed by atoms with E-state index in [1.54, 1.807) is 0 Å². The molecule has 1 aromatic rings. The van der Waals surface area contributed by atoms with E-state index in [-0.39, 0.29) is 24.4 Å². The van der Waals surface area contributed by atoms with Gasteiger partial charge in [0.05, 0.1) is 13.2 Å². The number of carbonyl (C=O) groups excluding carboxylic acids is 1. The Morgan fingerprint density at radius 1 is 1.08 bits per heavy atom. The minimum Gasteiger partial charge on any atom is -0.490 e. The molecule has 0 N–H and O–H groups in total. The molecule has 0 aromatic heterocycles. The molecule has 1 amide bonds. The highest BCUT2D eigenvalue weighted by molar-refractivity contribution is 5.94.